The van der Waals surface area contributed by atoms with Gasteiger partial charge in [-0.25, -0.2) is 0 Å². The number of tetrazole rings is 1. The number of benzene rings is 2. The van der Waals surface area contributed by atoms with Crippen LogP contribution in [0.2, 0.25) is 5.02 Å². The van der Waals surface area contributed by atoms with Gasteiger partial charge < -0.3 is 10.1 Å². The van der Waals surface area contributed by atoms with Crippen molar-refractivity contribution in [2.24, 2.45) is 0 Å². The molecule has 152 valence electrons. The highest BCUT2D eigenvalue weighted by Gasteiger charge is 2.23. The van der Waals surface area contributed by atoms with E-state index in [0.717, 1.165) is 16.9 Å². The number of hydrogen-bond acceptors (Lipinski definition) is 5. The number of amides is 1. The van der Waals surface area contributed by atoms with E-state index >= 15 is 0 Å². The van der Waals surface area contributed by atoms with Crippen molar-refractivity contribution in [3.63, 3.8) is 0 Å². The summed E-state index contributed by atoms with van der Waals surface area (Å²) in [7, 11) is 0. The zero-order valence-electron chi connectivity index (χ0n) is 16.7. The van der Waals surface area contributed by atoms with Crippen LogP contribution in [0.3, 0.4) is 0 Å². The normalized spacial score (nSPS) is 13.0. The molecule has 0 aliphatic heterocycles. The summed E-state index contributed by atoms with van der Waals surface area (Å²) in [4.78, 5) is 14.2. The number of carbonyl (C=O) groups excluding carboxylic acids is 1. The number of ether oxygens (including phenoxy) is 1. The Hall–Kier alpha value is -2.93. The molecule has 1 N–H and O–H groups in total. The molecule has 2 aromatic carbocycles. The van der Waals surface area contributed by atoms with Crippen LogP contribution in [0.1, 0.15) is 44.8 Å². The molecule has 8 heteroatoms. The van der Waals surface area contributed by atoms with Crippen LogP contribution >= 0.6 is 11.6 Å². The van der Waals surface area contributed by atoms with Crippen molar-refractivity contribution in [3.05, 3.63) is 59.1 Å². The van der Waals surface area contributed by atoms with E-state index in [2.05, 4.69) is 20.7 Å². The van der Waals surface area contributed by atoms with Crippen LogP contribution in [0.15, 0.2) is 48.5 Å². The molecule has 1 amide bonds. The second-order valence-corrected chi connectivity index (χ2v) is 7.03. The first-order chi connectivity index (χ1) is 14.0. The second kappa shape index (κ2) is 9.52. The van der Waals surface area contributed by atoms with E-state index in [1.54, 1.807) is 12.1 Å². The number of rotatable bonds is 8. The fourth-order valence-corrected chi connectivity index (χ4v) is 3.06. The topological polar surface area (TPSA) is 81.9 Å². The Kier molecular flexibility index (Phi) is 6.82. The lowest BCUT2D eigenvalue weighted by molar-refractivity contribution is -0.125. The molecule has 0 fully saturated rings. The predicted octanol–water partition coefficient (Wildman–Crippen LogP) is 4.22. The third-order valence-corrected chi connectivity index (χ3v) is 4.80. The summed E-state index contributed by atoms with van der Waals surface area (Å²) >= 11 is 5.92. The van der Waals surface area contributed by atoms with Crippen molar-refractivity contribution in [3.8, 4) is 17.1 Å². The molecular weight excluding hydrogens is 390 g/mol. The zero-order valence-corrected chi connectivity index (χ0v) is 17.4. The summed E-state index contributed by atoms with van der Waals surface area (Å²) in [5.41, 5.74) is 1.78. The monoisotopic (exact) mass is 413 g/mol. The standard InChI is InChI=1S/C21H24ClN5O2/c1-4-19(27-25-20(24-26-27)16-6-10-17(22)11-7-16)21(28)23-14(3)15-8-12-18(13-9-15)29-5-2/h6-14,19H,4-5H2,1-3H3,(H,23,28). The smallest absolute Gasteiger partial charge is 0.247 e. The lowest BCUT2D eigenvalue weighted by Gasteiger charge is -2.19. The quantitative estimate of drug-likeness (QED) is 0.597. The maximum atomic E-state index is 12.8. The number of carbonyl (C=O) groups is 1. The summed E-state index contributed by atoms with van der Waals surface area (Å²) in [5, 5.41) is 16.2. The summed E-state index contributed by atoms with van der Waals surface area (Å²) in [6.07, 6.45) is 0.540. The van der Waals surface area contributed by atoms with Gasteiger partial charge in [0.05, 0.1) is 12.6 Å². The van der Waals surface area contributed by atoms with Crippen LogP contribution < -0.4 is 10.1 Å². The molecule has 3 rings (SSSR count). The zero-order chi connectivity index (χ0) is 20.8. The van der Waals surface area contributed by atoms with Gasteiger partial charge in [-0.2, -0.15) is 4.80 Å². The largest absolute Gasteiger partial charge is 0.494 e. The van der Waals surface area contributed by atoms with Crippen molar-refractivity contribution >= 4 is 17.5 Å². The fourth-order valence-electron chi connectivity index (χ4n) is 2.94. The van der Waals surface area contributed by atoms with E-state index < -0.39 is 6.04 Å². The van der Waals surface area contributed by atoms with Gasteiger partial charge in [0.1, 0.15) is 5.75 Å². The molecule has 0 saturated carbocycles. The molecule has 0 bridgehead atoms. The van der Waals surface area contributed by atoms with E-state index in [9.17, 15) is 4.79 Å². The van der Waals surface area contributed by atoms with E-state index in [-0.39, 0.29) is 11.9 Å². The van der Waals surface area contributed by atoms with Crippen LogP contribution in [0, 0.1) is 0 Å². The molecule has 1 heterocycles. The van der Waals surface area contributed by atoms with Gasteiger partial charge in [0.15, 0.2) is 6.04 Å². The summed E-state index contributed by atoms with van der Waals surface area (Å²) in [6, 6.07) is 14.1. The van der Waals surface area contributed by atoms with Crippen LogP contribution in [-0.4, -0.2) is 32.7 Å². The Morgan fingerprint density at radius 3 is 2.45 bits per heavy atom. The van der Waals surface area contributed by atoms with Crippen molar-refractivity contribution < 1.29 is 9.53 Å². The van der Waals surface area contributed by atoms with Gasteiger partial charge in [-0.1, -0.05) is 30.7 Å². The number of halogens is 1. The first-order valence-electron chi connectivity index (χ1n) is 9.60. The van der Waals surface area contributed by atoms with Crippen molar-refractivity contribution in [1.29, 1.82) is 0 Å². The van der Waals surface area contributed by atoms with Gasteiger partial charge in [0, 0.05) is 10.6 Å². The number of aromatic nitrogens is 4. The summed E-state index contributed by atoms with van der Waals surface area (Å²) in [5.74, 6) is 1.10. The van der Waals surface area contributed by atoms with Gasteiger partial charge in [-0.3, -0.25) is 4.79 Å². The molecule has 0 aliphatic carbocycles. The van der Waals surface area contributed by atoms with Crippen molar-refractivity contribution in [1.82, 2.24) is 25.5 Å². The van der Waals surface area contributed by atoms with Gasteiger partial charge in [0.2, 0.25) is 11.7 Å². The number of nitrogens with one attached hydrogen (secondary N) is 1. The Morgan fingerprint density at radius 2 is 1.83 bits per heavy atom. The molecular formula is C21H24ClN5O2. The molecule has 1 aromatic heterocycles. The second-order valence-electron chi connectivity index (χ2n) is 6.60. The van der Waals surface area contributed by atoms with E-state index in [4.69, 9.17) is 16.3 Å². The van der Waals surface area contributed by atoms with Crippen molar-refractivity contribution in [2.45, 2.75) is 39.3 Å². The minimum Gasteiger partial charge on any atom is -0.494 e. The Labute approximate surface area is 175 Å². The molecule has 0 radical (unpaired) electrons. The highest BCUT2D eigenvalue weighted by Crippen LogP contribution is 2.21. The minimum atomic E-state index is -0.548. The van der Waals surface area contributed by atoms with Crippen LogP contribution in [-0.2, 0) is 4.79 Å². The van der Waals surface area contributed by atoms with Gasteiger partial charge >= 0.3 is 0 Å². The first-order valence-corrected chi connectivity index (χ1v) is 9.98. The Bertz CT molecular complexity index is 940. The van der Waals surface area contributed by atoms with Gasteiger partial charge in [0.25, 0.3) is 0 Å². The molecule has 2 unspecified atom stereocenters. The Morgan fingerprint density at radius 1 is 1.14 bits per heavy atom. The molecule has 2 atom stereocenters. The summed E-state index contributed by atoms with van der Waals surface area (Å²) < 4.78 is 5.46. The summed E-state index contributed by atoms with van der Waals surface area (Å²) in [6.45, 7) is 6.41. The lowest BCUT2D eigenvalue weighted by Crippen LogP contribution is -2.35. The van der Waals surface area contributed by atoms with Gasteiger partial charge in [-0.15, -0.1) is 10.2 Å². The van der Waals surface area contributed by atoms with E-state index in [1.165, 1.54) is 4.80 Å². The minimum absolute atomic E-state index is 0.158. The molecule has 0 spiro atoms. The lowest BCUT2D eigenvalue weighted by atomic mass is 10.1. The van der Waals surface area contributed by atoms with Crippen LogP contribution in [0.25, 0.3) is 11.4 Å². The predicted molar refractivity (Wildman–Crippen MR) is 112 cm³/mol. The average Bonchev–Trinajstić information content (AvgIpc) is 3.19. The third kappa shape index (κ3) is 5.12. The molecule has 29 heavy (non-hydrogen) atoms. The fraction of sp³-hybridized carbons (Fsp3) is 0.333. The molecule has 3 aromatic rings. The number of hydrogen-bond donors (Lipinski definition) is 1. The van der Waals surface area contributed by atoms with E-state index in [1.807, 2.05) is 57.2 Å². The maximum Gasteiger partial charge on any atom is 0.247 e. The van der Waals surface area contributed by atoms with Crippen LogP contribution in [0.5, 0.6) is 5.75 Å². The van der Waals surface area contributed by atoms with Gasteiger partial charge in [-0.05, 0) is 67.4 Å². The average molecular weight is 414 g/mol. The van der Waals surface area contributed by atoms with E-state index in [0.29, 0.717) is 23.9 Å². The highest BCUT2D eigenvalue weighted by atomic mass is 35.5. The molecule has 0 saturated heterocycles. The SMILES string of the molecule is CCOc1ccc(C(C)NC(=O)C(CC)n2nnc(-c3ccc(Cl)cc3)n2)cc1. The van der Waals surface area contributed by atoms with Crippen molar-refractivity contribution in [2.75, 3.05) is 6.61 Å². The maximum absolute atomic E-state index is 12.8. The van der Waals surface area contributed by atoms with Crippen LogP contribution in [0.4, 0.5) is 0 Å². The highest BCUT2D eigenvalue weighted by molar-refractivity contribution is 6.30. The first kappa shape index (κ1) is 20.8. The number of nitrogens with zero attached hydrogens (tertiary/aromatic N) is 4. The Balaban J connectivity index is 1.69. The molecule has 7 nitrogen and oxygen atoms in total. The molecule has 0 aliphatic rings. The third-order valence-electron chi connectivity index (χ3n) is 4.55.